The third-order valence-electron chi connectivity index (χ3n) is 2.38. The molecule has 1 N–H and O–H groups in total. The van der Waals surface area contributed by atoms with Crippen LogP contribution in [0.5, 0.6) is 5.75 Å². The second-order valence-corrected chi connectivity index (χ2v) is 3.38. The highest BCUT2D eigenvalue weighted by atomic mass is 16.5. The minimum atomic E-state index is 0.308. The molecule has 1 aromatic carbocycles. The van der Waals surface area contributed by atoms with Crippen molar-refractivity contribution in [3.8, 4) is 5.75 Å². The molecule has 0 saturated carbocycles. The summed E-state index contributed by atoms with van der Waals surface area (Å²) in [6, 6.07) is 3.74. The van der Waals surface area contributed by atoms with Crippen molar-refractivity contribution in [1.29, 1.82) is 0 Å². The van der Waals surface area contributed by atoms with Gasteiger partial charge in [0.2, 0.25) is 0 Å². The van der Waals surface area contributed by atoms with Crippen molar-refractivity contribution >= 4 is 0 Å². The molecule has 0 unspecified atom stereocenters. The summed E-state index contributed by atoms with van der Waals surface area (Å²) in [7, 11) is 0. The molecule has 0 atom stereocenters. The molecule has 0 amide bonds. The Morgan fingerprint density at radius 3 is 2.79 bits per heavy atom. The number of hydrogen-bond donors (Lipinski definition) is 1. The molecule has 0 aromatic heterocycles. The average molecular weight is 194 g/mol. The lowest BCUT2D eigenvalue weighted by atomic mass is 10.1. The molecule has 1 aliphatic heterocycles. The maximum Gasteiger partial charge on any atom is 0.121 e. The van der Waals surface area contributed by atoms with E-state index in [2.05, 4.69) is 0 Å². The molecule has 0 spiro atoms. The first-order valence-electron chi connectivity index (χ1n) is 4.80. The van der Waals surface area contributed by atoms with Gasteiger partial charge >= 0.3 is 0 Å². The van der Waals surface area contributed by atoms with Crippen LogP contribution < -0.4 is 0 Å². The van der Waals surface area contributed by atoms with Gasteiger partial charge in [-0.15, -0.1) is 0 Å². The predicted octanol–water partition coefficient (Wildman–Crippen LogP) is 1.96. The number of aromatic hydroxyl groups is 1. The molecule has 1 heterocycles. The number of hydrogen-bond acceptors (Lipinski definition) is 3. The SMILES string of the molecule is CCOCc1cc2c(cc1O)COC2. The fourth-order valence-corrected chi connectivity index (χ4v) is 1.59. The third kappa shape index (κ3) is 1.74. The molecule has 1 aromatic rings. The van der Waals surface area contributed by atoms with E-state index in [1.807, 2.05) is 13.0 Å². The number of phenolic OH excluding ortho intramolecular Hbond substituents is 1. The van der Waals surface area contributed by atoms with Gasteiger partial charge in [0.05, 0.1) is 19.8 Å². The van der Waals surface area contributed by atoms with Gasteiger partial charge in [0.15, 0.2) is 0 Å². The predicted molar refractivity (Wildman–Crippen MR) is 51.9 cm³/mol. The van der Waals surface area contributed by atoms with E-state index in [0.29, 0.717) is 32.2 Å². The van der Waals surface area contributed by atoms with Gasteiger partial charge in [0, 0.05) is 12.2 Å². The van der Waals surface area contributed by atoms with E-state index < -0.39 is 0 Å². The normalized spacial score (nSPS) is 14.4. The second kappa shape index (κ2) is 3.98. The molecule has 0 aliphatic carbocycles. The first kappa shape index (κ1) is 9.49. The van der Waals surface area contributed by atoms with Crippen LogP contribution in [0.1, 0.15) is 23.6 Å². The molecular weight excluding hydrogens is 180 g/mol. The summed E-state index contributed by atoms with van der Waals surface area (Å²) in [5.74, 6) is 0.308. The Balaban J connectivity index is 2.23. The van der Waals surface area contributed by atoms with E-state index in [0.717, 1.165) is 16.7 Å². The number of phenols is 1. The highest BCUT2D eigenvalue weighted by molar-refractivity contribution is 5.42. The zero-order valence-corrected chi connectivity index (χ0v) is 8.25. The van der Waals surface area contributed by atoms with E-state index in [1.165, 1.54) is 0 Å². The molecule has 2 rings (SSSR count). The summed E-state index contributed by atoms with van der Waals surface area (Å²) in [5.41, 5.74) is 3.09. The lowest BCUT2D eigenvalue weighted by Crippen LogP contribution is -1.94. The summed E-state index contributed by atoms with van der Waals surface area (Å²) in [4.78, 5) is 0. The number of rotatable bonds is 3. The van der Waals surface area contributed by atoms with Gasteiger partial charge in [0.25, 0.3) is 0 Å². The average Bonchev–Trinajstić information content (AvgIpc) is 2.61. The molecular formula is C11H14O3. The molecule has 0 fully saturated rings. The van der Waals surface area contributed by atoms with Crippen LogP contribution in [0, 0.1) is 0 Å². The van der Waals surface area contributed by atoms with E-state index in [4.69, 9.17) is 9.47 Å². The van der Waals surface area contributed by atoms with Crippen LogP contribution in [0.2, 0.25) is 0 Å². The number of ether oxygens (including phenoxy) is 2. The minimum absolute atomic E-state index is 0.308. The van der Waals surface area contributed by atoms with Gasteiger partial charge in [0.1, 0.15) is 5.75 Å². The standard InChI is InChI=1S/C11H14O3/c1-2-13-7-10-3-8-5-14-6-9(8)4-11(10)12/h3-4,12H,2,5-7H2,1H3. The van der Waals surface area contributed by atoms with E-state index in [9.17, 15) is 5.11 Å². The first-order chi connectivity index (χ1) is 6.81. The zero-order valence-electron chi connectivity index (χ0n) is 8.25. The molecule has 1 aliphatic rings. The van der Waals surface area contributed by atoms with Gasteiger partial charge in [-0.25, -0.2) is 0 Å². The summed E-state index contributed by atoms with van der Waals surface area (Å²) >= 11 is 0. The Kier molecular flexibility index (Phi) is 2.70. The van der Waals surface area contributed by atoms with Gasteiger partial charge < -0.3 is 14.6 Å². The fourth-order valence-electron chi connectivity index (χ4n) is 1.59. The van der Waals surface area contributed by atoms with Gasteiger partial charge in [-0.05, 0) is 30.2 Å². The Morgan fingerprint density at radius 1 is 1.36 bits per heavy atom. The van der Waals surface area contributed by atoms with Crippen molar-refractivity contribution in [3.05, 3.63) is 28.8 Å². The molecule has 3 heteroatoms. The Bertz CT molecular complexity index is 334. The highest BCUT2D eigenvalue weighted by Gasteiger charge is 2.14. The van der Waals surface area contributed by atoms with Crippen LogP contribution in [-0.4, -0.2) is 11.7 Å². The second-order valence-electron chi connectivity index (χ2n) is 3.38. The van der Waals surface area contributed by atoms with Crippen molar-refractivity contribution in [2.24, 2.45) is 0 Å². The van der Waals surface area contributed by atoms with Crippen molar-refractivity contribution in [3.63, 3.8) is 0 Å². The molecule has 0 saturated heterocycles. The van der Waals surface area contributed by atoms with E-state index in [-0.39, 0.29) is 0 Å². The smallest absolute Gasteiger partial charge is 0.121 e. The first-order valence-corrected chi connectivity index (χ1v) is 4.80. The van der Waals surface area contributed by atoms with E-state index >= 15 is 0 Å². The van der Waals surface area contributed by atoms with Crippen LogP contribution in [0.15, 0.2) is 12.1 Å². The third-order valence-corrected chi connectivity index (χ3v) is 2.38. The molecule has 3 nitrogen and oxygen atoms in total. The Labute approximate surface area is 83.3 Å². The van der Waals surface area contributed by atoms with Crippen LogP contribution in [0.3, 0.4) is 0 Å². The zero-order chi connectivity index (χ0) is 9.97. The topological polar surface area (TPSA) is 38.7 Å². The maximum absolute atomic E-state index is 9.67. The Hall–Kier alpha value is -1.06. The van der Waals surface area contributed by atoms with Crippen LogP contribution in [-0.2, 0) is 29.3 Å². The van der Waals surface area contributed by atoms with Gasteiger partial charge in [-0.1, -0.05) is 0 Å². The maximum atomic E-state index is 9.67. The van der Waals surface area contributed by atoms with Crippen LogP contribution in [0.25, 0.3) is 0 Å². The van der Waals surface area contributed by atoms with Crippen molar-refractivity contribution in [1.82, 2.24) is 0 Å². The number of fused-ring (bicyclic) bond motifs is 1. The quantitative estimate of drug-likeness (QED) is 0.799. The fraction of sp³-hybridized carbons (Fsp3) is 0.455. The minimum Gasteiger partial charge on any atom is -0.508 e. The largest absolute Gasteiger partial charge is 0.508 e. The van der Waals surface area contributed by atoms with E-state index in [1.54, 1.807) is 6.07 Å². The molecule has 0 bridgehead atoms. The molecule has 14 heavy (non-hydrogen) atoms. The molecule has 76 valence electrons. The van der Waals surface area contributed by atoms with Crippen molar-refractivity contribution in [2.45, 2.75) is 26.7 Å². The van der Waals surface area contributed by atoms with Crippen LogP contribution in [0.4, 0.5) is 0 Å². The summed E-state index contributed by atoms with van der Waals surface area (Å²) in [5, 5.41) is 9.67. The Morgan fingerprint density at radius 2 is 2.07 bits per heavy atom. The van der Waals surface area contributed by atoms with Crippen LogP contribution >= 0.6 is 0 Å². The molecule has 0 radical (unpaired) electrons. The van der Waals surface area contributed by atoms with Crippen molar-refractivity contribution in [2.75, 3.05) is 6.61 Å². The van der Waals surface area contributed by atoms with Gasteiger partial charge in [-0.3, -0.25) is 0 Å². The number of benzene rings is 1. The van der Waals surface area contributed by atoms with Gasteiger partial charge in [-0.2, -0.15) is 0 Å². The highest BCUT2D eigenvalue weighted by Crippen LogP contribution is 2.28. The summed E-state index contributed by atoms with van der Waals surface area (Å²) in [6.07, 6.45) is 0. The lowest BCUT2D eigenvalue weighted by Gasteiger charge is -2.06. The monoisotopic (exact) mass is 194 g/mol. The summed E-state index contributed by atoms with van der Waals surface area (Å²) < 4.78 is 10.5. The van der Waals surface area contributed by atoms with Crippen molar-refractivity contribution < 1.29 is 14.6 Å². The lowest BCUT2D eigenvalue weighted by molar-refractivity contribution is 0.131. The summed E-state index contributed by atoms with van der Waals surface area (Å²) in [6.45, 7) is 4.32.